The van der Waals surface area contributed by atoms with Crippen LogP contribution in [0.15, 0.2) is 115 Å². The van der Waals surface area contributed by atoms with Gasteiger partial charge in [0.15, 0.2) is 0 Å². The van der Waals surface area contributed by atoms with Gasteiger partial charge in [-0.2, -0.15) is 0 Å². The molecule has 4 heteroatoms. The molecule has 4 aromatic rings. The normalized spacial score (nSPS) is 12.7. The summed E-state index contributed by atoms with van der Waals surface area (Å²) in [5, 5.41) is 16.2. The Morgan fingerprint density at radius 3 is 1.25 bits per heavy atom. The fourth-order valence-corrected chi connectivity index (χ4v) is 7.80. The summed E-state index contributed by atoms with van der Waals surface area (Å²) in [6.07, 6.45) is 0. The fraction of sp³-hybridized carbons (Fsp3) is 0. The van der Waals surface area contributed by atoms with Gasteiger partial charge in [0, 0.05) is 0 Å². The molecule has 28 heavy (non-hydrogen) atoms. The van der Waals surface area contributed by atoms with Gasteiger partial charge in [-0.3, -0.25) is 0 Å². The van der Waals surface area contributed by atoms with Gasteiger partial charge in [0.25, 0.3) is 0 Å². The van der Waals surface area contributed by atoms with Crippen LogP contribution in [0.2, 0.25) is 0 Å². The summed E-state index contributed by atoms with van der Waals surface area (Å²) in [5.74, 6) is 0.0911. The summed E-state index contributed by atoms with van der Waals surface area (Å²) in [6.45, 7) is -4.12. The molecule has 0 spiro atoms. The predicted octanol–water partition coefficient (Wildman–Crippen LogP) is 4.16. The molecule has 3 N–H and O–H groups in total. The van der Waals surface area contributed by atoms with E-state index in [1.165, 1.54) is 0 Å². The number of para-hydroxylation sites is 2. The second kappa shape index (κ2) is 7.12. The molecule has 0 atom stereocenters. The van der Waals surface area contributed by atoms with Crippen LogP contribution in [-0.4, -0.2) is 10.00 Å². The molecule has 0 unspecified atom stereocenters. The Bertz CT molecular complexity index is 970. The molecule has 3 nitrogen and oxygen atoms in total. The first-order chi connectivity index (χ1) is 13.6. The van der Waals surface area contributed by atoms with Crippen LogP contribution in [-0.2, 0) is 0 Å². The zero-order valence-electron chi connectivity index (χ0n) is 15.3. The molecule has 140 valence electrons. The monoisotopic (exact) mass is 387 g/mol. The van der Waals surface area contributed by atoms with Crippen molar-refractivity contribution in [3.05, 3.63) is 115 Å². The van der Waals surface area contributed by atoms with Crippen molar-refractivity contribution in [3.8, 4) is 5.75 Å². The van der Waals surface area contributed by atoms with Crippen LogP contribution >= 0.6 is 6.98 Å². The van der Waals surface area contributed by atoms with Crippen molar-refractivity contribution in [1.29, 1.82) is 0 Å². The molecule has 0 saturated carbocycles. The molecule has 0 aliphatic heterocycles. The number of hydrogen-bond acceptors (Lipinski definition) is 3. The number of nitrogens with one attached hydrogen (secondary N) is 1. The number of phenolic OH excluding ortho intramolecular Hbond substituents is 1. The van der Waals surface area contributed by atoms with Gasteiger partial charge in [-0.25, -0.2) is 0 Å². The number of benzene rings is 4. The number of hydrogen-bond donors (Lipinski definition) is 3. The zero-order chi connectivity index (χ0) is 19.5. The van der Waals surface area contributed by atoms with Gasteiger partial charge >= 0.3 is 165 Å². The van der Waals surface area contributed by atoms with Gasteiger partial charge in [-0.15, -0.1) is 0 Å². The summed E-state index contributed by atoms with van der Waals surface area (Å²) in [6, 6.07) is 35.9. The second-order valence-corrected chi connectivity index (χ2v) is 10.6. The minimum atomic E-state index is -4.12. The predicted molar refractivity (Wildman–Crippen MR) is 119 cm³/mol. The van der Waals surface area contributed by atoms with Crippen LogP contribution in [0.4, 0.5) is 5.69 Å². The third kappa shape index (κ3) is 2.86. The topological polar surface area (TPSA) is 52.5 Å². The van der Waals surface area contributed by atoms with Gasteiger partial charge in [0.05, 0.1) is 0 Å². The fourth-order valence-electron chi connectivity index (χ4n) is 3.60. The summed E-state index contributed by atoms with van der Waals surface area (Å²) < 4.78 is 0. The average Bonchev–Trinajstić information content (AvgIpc) is 2.77. The van der Waals surface area contributed by atoms with Crippen LogP contribution in [0.25, 0.3) is 0 Å². The van der Waals surface area contributed by atoms with E-state index in [0.717, 1.165) is 15.9 Å². The second-order valence-electron chi connectivity index (χ2n) is 6.71. The Labute approximate surface area is 165 Å². The van der Waals surface area contributed by atoms with E-state index in [2.05, 4.69) is 5.09 Å². The number of rotatable bonds is 5. The third-order valence-electron chi connectivity index (χ3n) is 5.02. The number of anilines is 1. The molecule has 0 aliphatic carbocycles. The molecule has 4 aromatic carbocycles. The van der Waals surface area contributed by atoms with Crippen LogP contribution in [0.5, 0.6) is 5.75 Å². The number of phenols is 1. The maximum atomic E-state index is 12.9. The summed E-state index contributed by atoms with van der Waals surface area (Å²) >= 11 is 0. The summed E-state index contributed by atoms with van der Waals surface area (Å²) in [7, 11) is 0. The van der Waals surface area contributed by atoms with E-state index in [4.69, 9.17) is 0 Å². The van der Waals surface area contributed by atoms with Gasteiger partial charge in [-0.05, 0) is 0 Å². The third-order valence-corrected chi connectivity index (χ3v) is 9.61. The van der Waals surface area contributed by atoms with Crippen LogP contribution in [0.1, 0.15) is 0 Å². The van der Waals surface area contributed by atoms with Crippen molar-refractivity contribution >= 4 is 28.6 Å². The SMILES string of the molecule is Oc1ccccc1NP(O)(c1ccccc1)(c1ccccc1)c1ccccc1. The molecular weight excluding hydrogens is 365 g/mol. The minimum absolute atomic E-state index is 0.0911. The summed E-state index contributed by atoms with van der Waals surface area (Å²) in [5.41, 5.74) is 0.485. The van der Waals surface area contributed by atoms with E-state index in [0.29, 0.717) is 5.69 Å². The van der Waals surface area contributed by atoms with Gasteiger partial charge in [0.2, 0.25) is 0 Å². The Kier molecular flexibility index (Phi) is 4.64. The van der Waals surface area contributed by atoms with Crippen molar-refractivity contribution < 1.29 is 10.00 Å². The summed E-state index contributed by atoms with van der Waals surface area (Å²) in [4.78, 5) is 12.9. The van der Waals surface area contributed by atoms with E-state index in [1.54, 1.807) is 18.2 Å². The van der Waals surface area contributed by atoms with E-state index >= 15 is 0 Å². The van der Waals surface area contributed by atoms with E-state index in [9.17, 15) is 10.00 Å². The van der Waals surface area contributed by atoms with Crippen LogP contribution < -0.4 is 21.0 Å². The zero-order valence-corrected chi connectivity index (χ0v) is 16.2. The standard InChI is InChI=1S/C24H22NO2P/c26-24-19-11-10-18-23(24)25-28(27,20-12-4-1-5-13-20,21-14-6-2-7-15-21)22-16-8-3-9-17-22/h1-19,25-27H. The molecule has 0 aliphatic rings. The first-order valence-electron chi connectivity index (χ1n) is 9.13. The van der Waals surface area contributed by atoms with Crippen molar-refractivity contribution in [2.45, 2.75) is 0 Å². The molecular formula is C24H22NO2P. The van der Waals surface area contributed by atoms with Crippen molar-refractivity contribution in [2.24, 2.45) is 0 Å². The van der Waals surface area contributed by atoms with Crippen LogP contribution in [0.3, 0.4) is 0 Å². The molecule has 0 fully saturated rings. The number of aromatic hydroxyl groups is 1. The van der Waals surface area contributed by atoms with Crippen molar-refractivity contribution in [1.82, 2.24) is 0 Å². The first kappa shape index (κ1) is 18.2. The molecule has 0 bridgehead atoms. The Morgan fingerprint density at radius 1 is 0.500 bits per heavy atom. The van der Waals surface area contributed by atoms with E-state index in [-0.39, 0.29) is 5.75 Å². The molecule has 0 heterocycles. The van der Waals surface area contributed by atoms with Crippen LogP contribution in [0, 0.1) is 0 Å². The molecule has 0 amide bonds. The Morgan fingerprint density at radius 2 is 0.857 bits per heavy atom. The Hall–Kier alpha value is -3.13. The van der Waals surface area contributed by atoms with Crippen molar-refractivity contribution in [3.63, 3.8) is 0 Å². The average molecular weight is 387 g/mol. The van der Waals surface area contributed by atoms with Gasteiger partial charge in [0.1, 0.15) is 0 Å². The quantitative estimate of drug-likeness (QED) is 0.356. The van der Waals surface area contributed by atoms with E-state index in [1.807, 2.05) is 97.1 Å². The molecule has 0 aromatic heterocycles. The maximum absolute atomic E-state index is 12.9. The molecule has 0 saturated heterocycles. The van der Waals surface area contributed by atoms with Crippen molar-refractivity contribution in [2.75, 3.05) is 5.09 Å². The Balaban J connectivity index is 2.11. The van der Waals surface area contributed by atoms with Gasteiger partial charge in [-0.1, -0.05) is 0 Å². The van der Waals surface area contributed by atoms with Gasteiger partial charge < -0.3 is 0 Å². The molecule has 4 rings (SSSR count). The van der Waals surface area contributed by atoms with E-state index < -0.39 is 6.98 Å². The molecule has 0 radical (unpaired) electrons. The first-order valence-corrected chi connectivity index (χ1v) is 11.3.